The van der Waals surface area contributed by atoms with E-state index in [2.05, 4.69) is 40.2 Å². The van der Waals surface area contributed by atoms with Crippen molar-refractivity contribution in [2.75, 3.05) is 25.0 Å². The van der Waals surface area contributed by atoms with Crippen LogP contribution in [0.5, 0.6) is 0 Å². The lowest BCUT2D eigenvalue weighted by Gasteiger charge is -2.22. The molecular weight excluding hydrogens is 366 g/mol. The van der Waals surface area contributed by atoms with Crippen LogP contribution in [0.25, 0.3) is 10.9 Å². The summed E-state index contributed by atoms with van der Waals surface area (Å²) in [6.45, 7) is 6.10. The Bertz CT molecular complexity index is 961. The molecule has 0 aliphatic carbocycles. The van der Waals surface area contributed by atoms with Crippen LogP contribution < -0.4 is 5.32 Å². The van der Waals surface area contributed by atoms with E-state index in [9.17, 15) is 0 Å². The minimum atomic E-state index is 0.708. The SMILES string of the molecule is C#Cc1ccccc1CN(CCC)CCCNc1ccnc2cc(Cl)ccc12. The molecular formula is C24H26ClN3. The van der Waals surface area contributed by atoms with Gasteiger partial charge < -0.3 is 5.32 Å². The molecule has 0 bridgehead atoms. The third-order valence-corrected chi connectivity index (χ3v) is 5.01. The molecule has 0 aliphatic heterocycles. The van der Waals surface area contributed by atoms with Crippen molar-refractivity contribution in [3.63, 3.8) is 0 Å². The van der Waals surface area contributed by atoms with E-state index >= 15 is 0 Å². The number of pyridine rings is 1. The van der Waals surface area contributed by atoms with Crippen LogP contribution in [-0.2, 0) is 6.54 Å². The third kappa shape index (κ3) is 5.25. The normalized spacial score (nSPS) is 10.9. The molecule has 28 heavy (non-hydrogen) atoms. The smallest absolute Gasteiger partial charge is 0.0737 e. The minimum Gasteiger partial charge on any atom is -0.384 e. The first-order valence-corrected chi connectivity index (χ1v) is 10.1. The molecule has 144 valence electrons. The Labute approximate surface area is 172 Å². The fourth-order valence-electron chi connectivity index (χ4n) is 3.43. The first-order chi connectivity index (χ1) is 13.7. The molecule has 0 fully saturated rings. The number of hydrogen-bond acceptors (Lipinski definition) is 3. The average Bonchev–Trinajstić information content (AvgIpc) is 2.71. The van der Waals surface area contributed by atoms with Crippen molar-refractivity contribution < 1.29 is 0 Å². The van der Waals surface area contributed by atoms with Crippen molar-refractivity contribution in [3.8, 4) is 12.3 Å². The summed E-state index contributed by atoms with van der Waals surface area (Å²) in [5, 5.41) is 5.35. The first kappa shape index (κ1) is 20.2. The molecule has 0 radical (unpaired) electrons. The number of nitrogens with one attached hydrogen (secondary N) is 1. The van der Waals surface area contributed by atoms with E-state index in [1.54, 1.807) is 0 Å². The maximum absolute atomic E-state index is 6.07. The van der Waals surface area contributed by atoms with Crippen LogP contribution in [0.1, 0.15) is 30.9 Å². The molecule has 0 unspecified atom stereocenters. The summed E-state index contributed by atoms with van der Waals surface area (Å²) >= 11 is 6.07. The molecule has 4 heteroatoms. The molecule has 1 heterocycles. The van der Waals surface area contributed by atoms with Crippen LogP contribution in [0.3, 0.4) is 0 Å². The molecule has 0 spiro atoms. The molecule has 0 saturated carbocycles. The number of nitrogens with zero attached hydrogens (tertiary/aromatic N) is 2. The molecule has 3 aromatic rings. The zero-order chi connectivity index (χ0) is 19.8. The van der Waals surface area contributed by atoms with E-state index in [1.807, 2.05) is 42.6 Å². The second kappa shape index (κ2) is 10.1. The third-order valence-electron chi connectivity index (χ3n) is 4.78. The van der Waals surface area contributed by atoms with Gasteiger partial charge in [0.15, 0.2) is 0 Å². The standard InChI is InChI=1S/C24H26ClN3/c1-3-15-28(18-20-9-6-5-8-19(20)4-2)16-7-13-26-23-12-14-27-24-17-21(25)10-11-22(23)24/h2,5-6,8-12,14,17H,3,7,13,15-16,18H2,1H3,(H,26,27). The summed E-state index contributed by atoms with van der Waals surface area (Å²) < 4.78 is 0. The second-order valence-electron chi connectivity index (χ2n) is 6.88. The Morgan fingerprint density at radius 2 is 2.00 bits per heavy atom. The highest BCUT2D eigenvalue weighted by Crippen LogP contribution is 2.24. The monoisotopic (exact) mass is 391 g/mol. The number of rotatable bonds is 9. The highest BCUT2D eigenvalue weighted by Gasteiger charge is 2.08. The van der Waals surface area contributed by atoms with Crippen LogP contribution in [0.4, 0.5) is 5.69 Å². The topological polar surface area (TPSA) is 28.2 Å². The molecule has 0 saturated heterocycles. The van der Waals surface area contributed by atoms with E-state index < -0.39 is 0 Å². The van der Waals surface area contributed by atoms with Gasteiger partial charge in [-0.3, -0.25) is 9.88 Å². The van der Waals surface area contributed by atoms with Gasteiger partial charge in [-0.05, 0) is 55.3 Å². The predicted octanol–water partition coefficient (Wildman–Crippen LogP) is 5.58. The molecule has 2 aromatic carbocycles. The lowest BCUT2D eigenvalue weighted by atomic mass is 10.1. The Balaban J connectivity index is 1.57. The number of terminal acetylenes is 1. The molecule has 3 rings (SSSR count). The zero-order valence-corrected chi connectivity index (χ0v) is 17.0. The van der Waals surface area contributed by atoms with Crippen molar-refractivity contribution in [2.24, 2.45) is 0 Å². The summed E-state index contributed by atoms with van der Waals surface area (Å²) in [5.74, 6) is 2.80. The molecule has 3 nitrogen and oxygen atoms in total. The maximum Gasteiger partial charge on any atom is 0.0737 e. The highest BCUT2D eigenvalue weighted by molar-refractivity contribution is 6.31. The molecule has 0 atom stereocenters. The number of fused-ring (bicyclic) bond motifs is 1. The van der Waals surface area contributed by atoms with E-state index in [0.29, 0.717) is 5.02 Å². The molecule has 0 amide bonds. The van der Waals surface area contributed by atoms with Gasteiger partial charge >= 0.3 is 0 Å². The molecule has 1 aromatic heterocycles. The van der Waals surface area contributed by atoms with Gasteiger partial charge in [-0.2, -0.15) is 0 Å². The van der Waals surface area contributed by atoms with Crippen LogP contribution >= 0.6 is 11.6 Å². The average molecular weight is 392 g/mol. The van der Waals surface area contributed by atoms with Gasteiger partial charge in [-0.25, -0.2) is 0 Å². The van der Waals surface area contributed by atoms with Gasteiger partial charge in [-0.15, -0.1) is 6.42 Å². The maximum atomic E-state index is 6.07. The summed E-state index contributed by atoms with van der Waals surface area (Å²) in [5.41, 5.74) is 4.23. The van der Waals surface area contributed by atoms with Gasteiger partial charge in [0, 0.05) is 47.5 Å². The van der Waals surface area contributed by atoms with E-state index in [4.69, 9.17) is 18.0 Å². The van der Waals surface area contributed by atoms with Gasteiger partial charge in [0.25, 0.3) is 0 Å². The predicted molar refractivity (Wildman–Crippen MR) is 120 cm³/mol. The fourth-order valence-corrected chi connectivity index (χ4v) is 3.59. The van der Waals surface area contributed by atoms with Crippen LogP contribution in [0, 0.1) is 12.3 Å². The lowest BCUT2D eigenvalue weighted by molar-refractivity contribution is 0.265. The summed E-state index contributed by atoms with van der Waals surface area (Å²) in [6, 6.07) is 16.0. The molecule has 0 aliphatic rings. The first-order valence-electron chi connectivity index (χ1n) is 9.76. The quantitative estimate of drug-likeness (QED) is 0.381. The van der Waals surface area contributed by atoms with Crippen LogP contribution in [-0.4, -0.2) is 29.5 Å². The number of benzene rings is 2. The van der Waals surface area contributed by atoms with E-state index in [1.165, 1.54) is 5.56 Å². The van der Waals surface area contributed by atoms with Crippen molar-refractivity contribution in [3.05, 3.63) is 70.9 Å². The summed E-state index contributed by atoms with van der Waals surface area (Å²) in [7, 11) is 0. The van der Waals surface area contributed by atoms with Gasteiger partial charge in [0.1, 0.15) is 0 Å². The molecule has 1 N–H and O–H groups in total. The van der Waals surface area contributed by atoms with Gasteiger partial charge in [0.05, 0.1) is 5.52 Å². The Kier molecular flexibility index (Phi) is 7.31. The Morgan fingerprint density at radius 1 is 1.14 bits per heavy atom. The lowest BCUT2D eigenvalue weighted by Crippen LogP contribution is -2.27. The van der Waals surface area contributed by atoms with Crippen molar-refractivity contribution >= 4 is 28.2 Å². The fraction of sp³-hybridized carbons (Fsp3) is 0.292. The summed E-state index contributed by atoms with van der Waals surface area (Å²) in [6.07, 6.45) is 9.65. The van der Waals surface area contributed by atoms with E-state index in [0.717, 1.165) is 61.2 Å². The Hall–Kier alpha value is -2.54. The zero-order valence-electron chi connectivity index (χ0n) is 16.3. The van der Waals surface area contributed by atoms with Crippen molar-refractivity contribution in [2.45, 2.75) is 26.3 Å². The van der Waals surface area contributed by atoms with Crippen LogP contribution in [0.2, 0.25) is 5.02 Å². The van der Waals surface area contributed by atoms with Gasteiger partial charge in [0.2, 0.25) is 0 Å². The highest BCUT2D eigenvalue weighted by atomic mass is 35.5. The number of halogens is 1. The largest absolute Gasteiger partial charge is 0.384 e. The summed E-state index contributed by atoms with van der Waals surface area (Å²) in [4.78, 5) is 6.87. The Morgan fingerprint density at radius 3 is 2.82 bits per heavy atom. The van der Waals surface area contributed by atoms with Crippen LogP contribution in [0.15, 0.2) is 54.7 Å². The van der Waals surface area contributed by atoms with Crippen molar-refractivity contribution in [1.29, 1.82) is 0 Å². The minimum absolute atomic E-state index is 0.708. The number of hydrogen-bond donors (Lipinski definition) is 1. The second-order valence-corrected chi connectivity index (χ2v) is 7.31. The number of anilines is 1. The number of aromatic nitrogens is 1. The van der Waals surface area contributed by atoms with Gasteiger partial charge in [-0.1, -0.05) is 42.6 Å². The van der Waals surface area contributed by atoms with Crippen molar-refractivity contribution in [1.82, 2.24) is 9.88 Å². The van der Waals surface area contributed by atoms with E-state index in [-0.39, 0.29) is 0 Å².